The number of nitrogens with one attached hydrogen (secondary N) is 1. The van der Waals surface area contributed by atoms with E-state index in [1.54, 1.807) is 6.92 Å². The van der Waals surface area contributed by atoms with Gasteiger partial charge in [0.1, 0.15) is 11.2 Å². The third kappa shape index (κ3) is 3.70. The number of amides is 1. The Hall–Kier alpha value is -1.62. The molecule has 98 valence electrons. The lowest BCUT2D eigenvalue weighted by molar-refractivity contribution is -0.140. The van der Waals surface area contributed by atoms with Crippen molar-refractivity contribution in [2.24, 2.45) is 5.92 Å². The number of hydrogen-bond donors (Lipinski definition) is 2. The van der Waals surface area contributed by atoms with Gasteiger partial charge in [-0.2, -0.15) is 0 Å². The molecular formula is C12H15ClN2O3. The maximum Gasteiger partial charge on any atom is 0.326 e. The van der Waals surface area contributed by atoms with Crippen LogP contribution in [-0.2, 0) is 4.79 Å². The topological polar surface area (TPSA) is 79.3 Å². The summed E-state index contributed by atoms with van der Waals surface area (Å²) in [5.74, 6) is -1.65. The molecule has 0 saturated heterocycles. The van der Waals surface area contributed by atoms with Gasteiger partial charge in [0.2, 0.25) is 0 Å². The van der Waals surface area contributed by atoms with Crippen molar-refractivity contribution in [1.29, 1.82) is 0 Å². The van der Waals surface area contributed by atoms with Crippen LogP contribution in [0.1, 0.15) is 30.6 Å². The van der Waals surface area contributed by atoms with Gasteiger partial charge in [0, 0.05) is 6.20 Å². The highest BCUT2D eigenvalue weighted by molar-refractivity contribution is 6.29. The fraction of sp³-hybridized carbons (Fsp3) is 0.417. The Labute approximate surface area is 110 Å². The van der Waals surface area contributed by atoms with E-state index in [2.05, 4.69) is 10.3 Å². The first-order valence-electron chi connectivity index (χ1n) is 5.61. The SMILES string of the molecule is CCC(C)C(NC(=O)c1ccc(Cl)nc1)C(=O)O. The predicted molar refractivity (Wildman–Crippen MR) is 67.6 cm³/mol. The average Bonchev–Trinajstić information content (AvgIpc) is 2.35. The highest BCUT2D eigenvalue weighted by Crippen LogP contribution is 2.10. The average molecular weight is 271 g/mol. The Morgan fingerprint density at radius 3 is 2.61 bits per heavy atom. The van der Waals surface area contributed by atoms with Gasteiger partial charge in [-0.1, -0.05) is 31.9 Å². The van der Waals surface area contributed by atoms with E-state index in [9.17, 15) is 9.59 Å². The maximum absolute atomic E-state index is 11.8. The highest BCUT2D eigenvalue weighted by Gasteiger charge is 2.25. The van der Waals surface area contributed by atoms with Gasteiger partial charge < -0.3 is 10.4 Å². The number of aliphatic carboxylic acids is 1. The zero-order valence-corrected chi connectivity index (χ0v) is 10.9. The summed E-state index contributed by atoms with van der Waals surface area (Å²) in [7, 11) is 0. The molecule has 2 unspecified atom stereocenters. The molecule has 18 heavy (non-hydrogen) atoms. The van der Waals surface area contributed by atoms with Crippen molar-refractivity contribution >= 4 is 23.5 Å². The Kier molecular flexibility index (Phi) is 5.09. The zero-order valence-electron chi connectivity index (χ0n) is 10.2. The lowest BCUT2D eigenvalue weighted by atomic mass is 9.99. The Morgan fingerprint density at radius 1 is 1.50 bits per heavy atom. The van der Waals surface area contributed by atoms with Crippen LogP contribution in [0, 0.1) is 5.92 Å². The largest absolute Gasteiger partial charge is 0.480 e. The van der Waals surface area contributed by atoms with E-state index < -0.39 is 17.9 Å². The predicted octanol–water partition coefficient (Wildman–Crippen LogP) is 1.96. The summed E-state index contributed by atoms with van der Waals surface area (Å²) in [6, 6.07) is 2.08. The van der Waals surface area contributed by atoms with Crippen LogP contribution in [0.3, 0.4) is 0 Å². The number of halogens is 1. The van der Waals surface area contributed by atoms with Gasteiger partial charge in [-0.15, -0.1) is 0 Å². The smallest absolute Gasteiger partial charge is 0.326 e. The van der Waals surface area contributed by atoms with E-state index in [4.69, 9.17) is 16.7 Å². The first kappa shape index (κ1) is 14.4. The minimum absolute atomic E-state index is 0.147. The number of hydrogen-bond acceptors (Lipinski definition) is 3. The first-order valence-corrected chi connectivity index (χ1v) is 5.98. The van der Waals surface area contributed by atoms with E-state index in [0.29, 0.717) is 6.42 Å². The molecule has 0 fully saturated rings. The Balaban J connectivity index is 2.78. The maximum atomic E-state index is 11.8. The molecule has 1 amide bonds. The third-order valence-electron chi connectivity index (χ3n) is 2.76. The number of rotatable bonds is 5. The minimum Gasteiger partial charge on any atom is -0.480 e. The Morgan fingerprint density at radius 2 is 2.17 bits per heavy atom. The second-order valence-corrected chi connectivity index (χ2v) is 4.43. The number of carbonyl (C=O) groups excluding carboxylic acids is 1. The molecule has 0 bridgehead atoms. The lowest BCUT2D eigenvalue weighted by Crippen LogP contribution is -2.45. The molecule has 1 heterocycles. The zero-order chi connectivity index (χ0) is 13.7. The summed E-state index contributed by atoms with van der Waals surface area (Å²) in [5.41, 5.74) is 0.286. The monoisotopic (exact) mass is 270 g/mol. The molecule has 2 atom stereocenters. The molecule has 0 aliphatic carbocycles. The van der Waals surface area contributed by atoms with E-state index in [1.165, 1.54) is 18.3 Å². The molecule has 1 rings (SSSR count). The van der Waals surface area contributed by atoms with Crippen molar-refractivity contribution in [3.8, 4) is 0 Å². The molecule has 0 saturated carbocycles. The van der Waals surface area contributed by atoms with Gasteiger partial charge in [0.15, 0.2) is 0 Å². The number of nitrogens with zero attached hydrogens (tertiary/aromatic N) is 1. The van der Waals surface area contributed by atoms with Gasteiger partial charge in [0.25, 0.3) is 5.91 Å². The van der Waals surface area contributed by atoms with Crippen LogP contribution in [0.5, 0.6) is 0 Å². The number of aromatic nitrogens is 1. The normalized spacial score (nSPS) is 13.7. The van der Waals surface area contributed by atoms with Crippen molar-refractivity contribution in [3.63, 3.8) is 0 Å². The van der Waals surface area contributed by atoms with Crippen LogP contribution in [0.25, 0.3) is 0 Å². The molecule has 1 aromatic rings. The molecule has 0 radical (unpaired) electrons. The van der Waals surface area contributed by atoms with E-state index >= 15 is 0 Å². The number of carboxylic acids is 1. The number of carbonyl (C=O) groups is 2. The number of pyridine rings is 1. The van der Waals surface area contributed by atoms with Crippen molar-refractivity contribution in [1.82, 2.24) is 10.3 Å². The quantitative estimate of drug-likeness (QED) is 0.802. The fourth-order valence-electron chi connectivity index (χ4n) is 1.42. The molecule has 6 heteroatoms. The third-order valence-corrected chi connectivity index (χ3v) is 2.98. The van der Waals surface area contributed by atoms with Gasteiger partial charge in [0.05, 0.1) is 5.56 Å². The molecular weight excluding hydrogens is 256 g/mol. The molecule has 0 aliphatic rings. The standard InChI is InChI=1S/C12H15ClN2O3/c1-3-7(2)10(12(17)18)15-11(16)8-4-5-9(13)14-6-8/h4-7,10H,3H2,1-2H3,(H,15,16)(H,17,18). The van der Waals surface area contributed by atoms with Crippen molar-refractivity contribution < 1.29 is 14.7 Å². The van der Waals surface area contributed by atoms with Crippen LogP contribution in [-0.4, -0.2) is 28.0 Å². The molecule has 2 N–H and O–H groups in total. The lowest BCUT2D eigenvalue weighted by Gasteiger charge is -2.19. The van der Waals surface area contributed by atoms with E-state index in [1.807, 2.05) is 6.92 Å². The van der Waals surface area contributed by atoms with Crippen molar-refractivity contribution in [2.45, 2.75) is 26.3 Å². The molecule has 1 aromatic heterocycles. The van der Waals surface area contributed by atoms with Crippen LogP contribution in [0.4, 0.5) is 0 Å². The minimum atomic E-state index is -1.04. The highest BCUT2D eigenvalue weighted by atomic mass is 35.5. The van der Waals surface area contributed by atoms with Crippen LogP contribution in [0.15, 0.2) is 18.3 Å². The molecule has 5 nitrogen and oxygen atoms in total. The molecule has 0 aliphatic heterocycles. The van der Waals surface area contributed by atoms with Gasteiger partial charge in [-0.05, 0) is 18.1 Å². The summed E-state index contributed by atoms with van der Waals surface area (Å²) < 4.78 is 0. The van der Waals surface area contributed by atoms with Crippen LogP contribution in [0.2, 0.25) is 5.15 Å². The summed E-state index contributed by atoms with van der Waals surface area (Å²) in [6.07, 6.45) is 1.98. The second-order valence-electron chi connectivity index (χ2n) is 4.04. The van der Waals surface area contributed by atoms with Crippen molar-refractivity contribution in [3.05, 3.63) is 29.0 Å². The second kappa shape index (κ2) is 6.35. The summed E-state index contributed by atoms with van der Waals surface area (Å²) in [4.78, 5) is 26.7. The summed E-state index contributed by atoms with van der Waals surface area (Å²) in [5, 5.41) is 11.8. The van der Waals surface area contributed by atoms with Gasteiger partial charge >= 0.3 is 5.97 Å². The summed E-state index contributed by atoms with van der Waals surface area (Å²) in [6.45, 7) is 3.65. The summed E-state index contributed by atoms with van der Waals surface area (Å²) >= 11 is 5.61. The van der Waals surface area contributed by atoms with Crippen molar-refractivity contribution in [2.75, 3.05) is 0 Å². The van der Waals surface area contributed by atoms with E-state index in [0.717, 1.165) is 0 Å². The van der Waals surface area contributed by atoms with E-state index in [-0.39, 0.29) is 16.6 Å². The van der Waals surface area contributed by atoms with Crippen LogP contribution >= 0.6 is 11.6 Å². The fourth-order valence-corrected chi connectivity index (χ4v) is 1.53. The number of carboxylic acid groups (broad SMARTS) is 1. The first-order chi connectivity index (χ1) is 8.45. The van der Waals surface area contributed by atoms with Gasteiger partial charge in [-0.25, -0.2) is 9.78 Å². The van der Waals surface area contributed by atoms with Crippen LogP contribution < -0.4 is 5.32 Å². The molecule has 0 aromatic carbocycles. The molecule has 0 spiro atoms. The van der Waals surface area contributed by atoms with Gasteiger partial charge in [-0.3, -0.25) is 4.79 Å². The Bertz CT molecular complexity index is 433.